The molecule has 4 N–H and O–H groups in total. The Morgan fingerprint density at radius 3 is 2.20 bits per heavy atom. The summed E-state index contributed by atoms with van der Waals surface area (Å²) in [5.74, 6) is -3.26. The Kier molecular flexibility index (Phi) is 13.4. The van der Waals surface area contributed by atoms with Crippen LogP contribution in [-0.2, 0) is 50.7 Å². The number of nitrogens with two attached hydrogens (primary N) is 1. The molecule has 0 radical (unpaired) electrons. The van der Waals surface area contributed by atoms with Crippen LogP contribution in [0.5, 0.6) is 11.5 Å². The largest absolute Gasteiger partial charge is 0.493 e. The van der Waals surface area contributed by atoms with Crippen molar-refractivity contribution in [3.05, 3.63) is 125 Å². The van der Waals surface area contributed by atoms with Crippen molar-refractivity contribution >= 4 is 23.5 Å². The average Bonchev–Trinajstić information content (AvgIpc) is 3.12. The molecule has 0 saturated heterocycles. The Hall–Kier alpha value is -5.20. The van der Waals surface area contributed by atoms with Crippen molar-refractivity contribution in [2.75, 3.05) is 11.4 Å². The molecule has 1 aliphatic heterocycles. The van der Waals surface area contributed by atoms with Crippen LogP contribution in [0.3, 0.4) is 0 Å². The van der Waals surface area contributed by atoms with E-state index >= 15 is 0 Å². The number of nitrogens with zero attached hydrogens (tertiary/aromatic N) is 1. The van der Waals surface area contributed by atoms with Gasteiger partial charge in [-0.15, -0.1) is 0 Å². The highest BCUT2D eigenvalue weighted by Crippen LogP contribution is 2.34. The average molecular weight is 705 g/mol. The molecule has 1 aliphatic rings. The molecular formula is C39H43F3N4O5. The highest BCUT2D eigenvalue weighted by molar-refractivity contribution is 5.96. The number of amides is 2. The highest BCUT2D eigenvalue weighted by atomic mass is 19.4. The Balaban J connectivity index is 0.000000493. The van der Waals surface area contributed by atoms with E-state index in [0.29, 0.717) is 23.7 Å². The van der Waals surface area contributed by atoms with Gasteiger partial charge in [0, 0.05) is 25.9 Å². The van der Waals surface area contributed by atoms with Gasteiger partial charge in [0.25, 0.3) is 5.91 Å². The Bertz CT molecular complexity index is 1760. The summed E-state index contributed by atoms with van der Waals surface area (Å²) in [7, 11) is 0. The number of rotatable bonds is 9. The van der Waals surface area contributed by atoms with E-state index in [1.54, 1.807) is 42.5 Å². The summed E-state index contributed by atoms with van der Waals surface area (Å²) >= 11 is 0. The molecule has 0 spiro atoms. The summed E-state index contributed by atoms with van der Waals surface area (Å²) in [6, 6.07) is 30.4. The van der Waals surface area contributed by atoms with E-state index in [4.69, 9.17) is 10.5 Å². The number of ether oxygens (including phenoxy) is 1. The van der Waals surface area contributed by atoms with Crippen LogP contribution in [-0.4, -0.2) is 30.5 Å². The molecule has 0 fully saturated rings. The second-order valence-corrected chi connectivity index (χ2v) is 13.0. The van der Waals surface area contributed by atoms with Gasteiger partial charge >= 0.3 is 12.1 Å². The van der Waals surface area contributed by atoms with Gasteiger partial charge in [-0.3, -0.25) is 9.59 Å². The summed E-state index contributed by atoms with van der Waals surface area (Å²) in [6.45, 7) is 8.88. The number of hydroxylamine groups is 1. The lowest BCUT2D eigenvalue weighted by molar-refractivity contribution is -0.207. The minimum Gasteiger partial charge on any atom is -0.455 e. The Morgan fingerprint density at radius 1 is 0.843 bits per heavy atom. The van der Waals surface area contributed by atoms with Crippen molar-refractivity contribution < 1.29 is 37.1 Å². The van der Waals surface area contributed by atoms with Crippen LogP contribution in [0.2, 0.25) is 0 Å². The predicted octanol–water partition coefficient (Wildman–Crippen LogP) is 7.02. The molecule has 5 rings (SSSR count). The molecule has 270 valence electrons. The number of benzene rings is 4. The van der Waals surface area contributed by atoms with E-state index in [0.717, 1.165) is 29.8 Å². The lowest BCUT2D eigenvalue weighted by atomic mass is 9.87. The van der Waals surface area contributed by atoms with Crippen LogP contribution in [0, 0.1) is 0 Å². The van der Waals surface area contributed by atoms with Gasteiger partial charge in [-0.25, -0.2) is 4.79 Å². The molecule has 1 heterocycles. The van der Waals surface area contributed by atoms with Crippen LogP contribution in [0.1, 0.15) is 61.4 Å². The summed E-state index contributed by atoms with van der Waals surface area (Å²) in [4.78, 5) is 41.6. The van der Waals surface area contributed by atoms with Gasteiger partial charge in [-0.2, -0.15) is 18.7 Å². The predicted molar refractivity (Wildman–Crippen MR) is 189 cm³/mol. The van der Waals surface area contributed by atoms with Gasteiger partial charge in [0.1, 0.15) is 5.75 Å². The number of carbonyl (C=O) groups is 3. The SMILES string of the molecule is CC(C)(C)c1ccc(CN(C(=O)CCC(=O)NOC(=O)C(F)(F)F)c2ccccc2Oc2cccc(CN)c2)cc1.c1ccc2c(c1)CCNC2. The standard InChI is InChI=1S/C30H32F3N3O5.C9H11N/c1-29(2,3)22-13-11-20(12-14-22)19-36(27(38)16-15-26(37)35-41-28(39)30(31,32)33)24-9-4-5-10-25(24)40-23-8-6-7-21(17-23)18-34;1-2-4-9-7-10-6-5-8(9)3-1/h4-14,17H,15-16,18-19,34H2,1-3H3,(H,35,37);1-4,10H,5-7H2. The number of alkyl halides is 3. The lowest BCUT2D eigenvalue weighted by Gasteiger charge is -2.26. The smallest absolute Gasteiger partial charge is 0.455 e. The van der Waals surface area contributed by atoms with Crippen molar-refractivity contribution in [3.8, 4) is 11.5 Å². The van der Waals surface area contributed by atoms with E-state index in [1.807, 2.05) is 30.3 Å². The molecule has 0 aliphatic carbocycles. The van der Waals surface area contributed by atoms with Crippen molar-refractivity contribution in [2.24, 2.45) is 5.73 Å². The van der Waals surface area contributed by atoms with Crippen LogP contribution in [0.4, 0.5) is 18.9 Å². The highest BCUT2D eigenvalue weighted by Gasteiger charge is 2.42. The Morgan fingerprint density at radius 2 is 1.53 bits per heavy atom. The first kappa shape index (κ1) is 38.6. The van der Waals surface area contributed by atoms with Crippen LogP contribution >= 0.6 is 0 Å². The summed E-state index contributed by atoms with van der Waals surface area (Å²) in [5, 5.41) is 3.34. The van der Waals surface area contributed by atoms with E-state index in [9.17, 15) is 27.6 Å². The number of nitrogens with one attached hydrogen (secondary N) is 2. The van der Waals surface area contributed by atoms with Gasteiger partial charge in [0.05, 0.1) is 12.2 Å². The second-order valence-electron chi connectivity index (χ2n) is 13.0. The first-order valence-corrected chi connectivity index (χ1v) is 16.5. The van der Waals surface area contributed by atoms with Crippen LogP contribution < -0.4 is 26.2 Å². The molecule has 0 atom stereocenters. The minimum atomic E-state index is -5.27. The third-order valence-electron chi connectivity index (χ3n) is 8.04. The first-order valence-electron chi connectivity index (χ1n) is 16.5. The minimum absolute atomic E-state index is 0.0739. The first-order chi connectivity index (χ1) is 24.2. The molecule has 4 aromatic carbocycles. The molecule has 0 unspecified atom stereocenters. The summed E-state index contributed by atoms with van der Waals surface area (Å²) in [5.41, 5.74) is 13.3. The van der Waals surface area contributed by atoms with Crippen LogP contribution in [0.15, 0.2) is 97.1 Å². The van der Waals surface area contributed by atoms with Gasteiger partial charge in [-0.05, 0) is 70.5 Å². The summed E-state index contributed by atoms with van der Waals surface area (Å²) in [6.07, 6.45) is -4.98. The molecule has 0 saturated carbocycles. The number of hydrogen-bond acceptors (Lipinski definition) is 7. The van der Waals surface area contributed by atoms with E-state index in [2.05, 4.69) is 55.2 Å². The monoisotopic (exact) mass is 704 g/mol. The number of fused-ring (bicyclic) bond motifs is 1. The normalized spacial score (nSPS) is 12.5. The number of para-hydroxylation sites is 2. The maximum absolute atomic E-state index is 13.5. The van der Waals surface area contributed by atoms with Crippen LogP contribution in [0.25, 0.3) is 0 Å². The molecule has 0 aromatic heterocycles. The van der Waals surface area contributed by atoms with Gasteiger partial charge in [0.2, 0.25) is 5.91 Å². The molecule has 4 aromatic rings. The molecule has 9 nitrogen and oxygen atoms in total. The maximum Gasteiger partial charge on any atom is 0.493 e. The molecular weight excluding hydrogens is 661 g/mol. The van der Waals surface area contributed by atoms with Crippen molar-refractivity contribution in [3.63, 3.8) is 0 Å². The van der Waals surface area contributed by atoms with Crippen molar-refractivity contribution in [2.45, 2.75) is 71.3 Å². The molecule has 51 heavy (non-hydrogen) atoms. The van der Waals surface area contributed by atoms with Crippen molar-refractivity contribution in [1.29, 1.82) is 0 Å². The zero-order valence-electron chi connectivity index (χ0n) is 28.9. The Labute approximate surface area is 295 Å². The summed E-state index contributed by atoms with van der Waals surface area (Å²) < 4.78 is 43.1. The maximum atomic E-state index is 13.5. The van der Waals surface area contributed by atoms with Gasteiger partial charge in [-0.1, -0.05) is 93.6 Å². The van der Waals surface area contributed by atoms with E-state index in [-0.39, 0.29) is 18.4 Å². The number of anilines is 1. The molecule has 2 amide bonds. The fraction of sp³-hybridized carbons (Fsp3) is 0.308. The molecule has 12 heteroatoms. The fourth-order valence-electron chi connectivity index (χ4n) is 5.22. The fourth-order valence-corrected chi connectivity index (χ4v) is 5.22. The third kappa shape index (κ3) is 11.7. The third-order valence-corrected chi connectivity index (χ3v) is 8.04. The number of carbonyl (C=O) groups excluding carboxylic acids is 3. The topological polar surface area (TPSA) is 123 Å². The van der Waals surface area contributed by atoms with Crippen molar-refractivity contribution in [1.82, 2.24) is 10.8 Å². The quantitative estimate of drug-likeness (QED) is 0.160. The zero-order valence-corrected chi connectivity index (χ0v) is 28.9. The number of hydrogen-bond donors (Lipinski definition) is 3. The lowest BCUT2D eigenvalue weighted by Crippen LogP contribution is -2.36. The second kappa shape index (κ2) is 17.6. The van der Waals surface area contributed by atoms with Gasteiger partial charge < -0.3 is 25.5 Å². The zero-order chi connectivity index (χ0) is 37.0. The van der Waals surface area contributed by atoms with E-state index < -0.39 is 30.4 Å². The number of halogens is 3. The molecule has 0 bridgehead atoms. The van der Waals surface area contributed by atoms with Gasteiger partial charge in [0.15, 0.2) is 5.75 Å². The van der Waals surface area contributed by atoms with E-state index in [1.165, 1.54) is 27.9 Å².